The molecular formula is C17H27N3O2. The molecule has 1 aromatic rings. The predicted molar refractivity (Wildman–Crippen MR) is 89.2 cm³/mol. The fourth-order valence-corrected chi connectivity index (χ4v) is 2.52. The molecule has 1 saturated heterocycles. The normalized spacial score (nSPS) is 16.5. The van der Waals surface area contributed by atoms with Crippen molar-refractivity contribution in [2.45, 2.75) is 39.2 Å². The fourth-order valence-electron chi connectivity index (χ4n) is 2.52. The van der Waals surface area contributed by atoms with Crippen molar-refractivity contribution < 1.29 is 9.53 Å². The third kappa shape index (κ3) is 4.63. The van der Waals surface area contributed by atoms with Gasteiger partial charge in [0.1, 0.15) is 12.4 Å². The molecular weight excluding hydrogens is 278 g/mol. The van der Waals surface area contributed by atoms with E-state index in [4.69, 9.17) is 10.5 Å². The average Bonchev–Trinajstić information content (AvgIpc) is 3.02. The quantitative estimate of drug-likeness (QED) is 0.758. The van der Waals surface area contributed by atoms with E-state index < -0.39 is 0 Å². The molecule has 1 aromatic carbocycles. The molecule has 1 amide bonds. The SMILES string of the molecule is CCC(C)NC(=O)c1ccc(OCCN2CCCC2)c(N)c1. The molecule has 1 atom stereocenters. The van der Waals surface area contributed by atoms with E-state index in [1.54, 1.807) is 18.2 Å². The van der Waals surface area contributed by atoms with Gasteiger partial charge in [-0.3, -0.25) is 9.69 Å². The van der Waals surface area contributed by atoms with Crippen molar-refractivity contribution in [3.63, 3.8) is 0 Å². The molecule has 3 N–H and O–H groups in total. The highest BCUT2D eigenvalue weighted by molar-refractivity contribution is 5.95. The minimum absolute atomic E-state index is 0.0929. The largest absolute Gasteiger partial charge is 0.490 e. The lowest BCUT2D eigenvalue weighted by Crippen LogP contribution is -2.31. The molecule has 0 saturated carbocycles. The summed E-state index contributed by atoms with van der Waals surface area (Å²) in [6.45, 7) is 7.90. The first-order valence-electron chi connectivity index (χ1n) is 8.15. The number of hydrogen-bond acceptors (Lipinski definition) is 4. The summed E-state index contributed by atoms with van der Waals surface area (Å²) in [4.78, 5) is 14.4. The highest BCUT2D eigenvalue weighted by Crippen LogP contribution is 2.22. The predicted octanol–water partition coefficient (Wildman–Crippen LogP) is 2.27. The van der Waals surface area contributed by atoms with Gasteiger partial charge >= 0.3 is 0 Å². The van der Waals surface area contributed by atoms with Gasteiger partial charge in [-0.05, 0) is 57.5 Å². The van der Waals surface area contributed by atoms with E-state index in [0.717, 1.165) is 26.1 Å². The van der Waals surface area contributed by atoms with Crippen molar-refractivity contribution >= 4 is 11.6 Å². The van der Waals surface area contributed by atoms with Gasteiger partial charge in [-0.25, -0.2) is 0 Å². The van der Waals surface area contributed by atoms with Crippen molar-refractivity contribution in [1.29, 1.82) is 0 Å². The van der Waals surface area contributed by atoms with Crippen LogP contribution in [-0.2, 0) is 0 Å². The number of nitrogen functional groups attached to an aromatic ring is 1. The summed E-state index contributed by atoms with van der Waals surface area (Å²) in [5.41, 5.74) is 7.08. The van der Waals surface area contributed by atoms with Gasteiger partial charge in [-0.2, -0.15) is 0 Å². The zero-order valence-electron chi connectivity index (χ0n) is 13.6. The van der Waals surface area contributed by atoms with E-state index in [1.807, 2.05) is 13.8 Å². The summed E-state index contributed by atoms with van der Waals surface area (Å²) in [7, 11) is 0. The Morgan fingerprint density at radius 1 is 1.41 bits per heavy atom. The summed E-state index contributed by atoms with van der Waals surface area (Å²) in [5, 5.41) is 2.93. The highest BCUT2D eigenvalue weighted by Gasteiger charge is 2.13. The number of likely N-dealkylation sites (tertiary alicyclic amines) is 1. The lowest BCUT2D eigenvalue weighted by atomic mass is 10.1. The Bertz CT molecular complexity index is 499. The number of ether oxygens (including phenoxy) is 1. The van der Waals surface area contributed by atoms with Gasteiger partial charge in [-0.15, -0.1) is 0 Å². The molecule has 1 fully saturated rings. The maximum Gasteiger partial charge on any atom is 0.251 e. The van der Waals surface area contributed by atoms with Crippen molar-refractivity contribution in [3.05, 3.63) is 23.8 Å². The fraction of sp³-hybridized carbons (Fsp3) is 0.588. The van der Waals surface area contributed by atoms with Crippen LogP contribution in [0.3, 0.4) is 0 Å². The van der Waals surface area contributed by atoms with Crippen molar-refractivity contribution in [1.82, 2.24) is 10.2 Å². The summed E-state index contributed by atoms with van der Waals surface area (Å²) >= 11 is 0. The van der Waals surface area contributed by atoms with Crippen LogP contribution in [0.5, 0.6) is 5.75 Å². The summed E-state index contributed by atoms with van der Waals surface area (Å²) < 4.78 is 5.74. The molecule has 5 heteroatoms. The third-order valence-electron chi connectivity index (χ3n) is 4.13. The second kappa shape index (κ2) is 8.03. The molecule has 2 rings (SSSR count). The molecule has 0 aromatic heterocycles. The summed E-state index contributed by atoms with van der Waals surface area (Å²) in [6.07, 6.45) is 3.46. The minimum atomic E-state index is -0.0929. The first-order valence-corrected chi connectivity index (χ1v) is 8.15. The van der Waals surface area contributed by atoms with Gasteiger partial charge in [-0.1, -0.05) is 6.92 Å². The van der Waals surface area contributed by atoms with E-state index in [0.29, 0.717) is 23.6 Å². The van der Waals surface area contributed by atoms with Gasteiger partial charge in [0.25, 0.3) is 5.91 Å². The number of nitrogens with zero attached hydrogens (tertiary/aromatic N) is 1. The standard InChI is InChI=1S/C17H27N3O2/c1-3-13(2)19-17(21)14-6-7-16(15(18)12-14)22-11-10-20-8-4-5-9-20/h6-7,12-13H,3-5,8-11,18H2,1-2H3,(H,19,21). The third-order valence-corrected chi connectivity index (χ3v) is 4.13. The molecule has 5 nitrogen and oxygen atoms in total. The Morgan fingerprint density at radius 2 is 2.14 bits per heavy atom. The van der Waals surface area contributed by atoms with Crippen LogP contribution in [0.25, 0.3) is 0 Å². The van der Waals surface area contributed by atoms with Crippen molar-refractivity contribution in [3.8, 4) is 5.75 Å². The smallest absolute Gasteiger partial charge is 0.251 e. The summed E-state index contributed by atoms with van der Waals surface area (Å²) in [6, 6.07) is 5.39. The first kappa shape index (κ1) is 16.6. The number of carbonyl (C=O) groups excluding carboxylic acids is 1. The zero-order chi connectivity index (χ0) is 15.9. The molecule has 22 heavy (non-hydrogen) atoms. The van der Waals surface area contributed by atoms with E-state index >= 15 is 0 Å². The zero-order valence-corrected chi connectivity index (χ0v) is 13.6. The van der Waals surface area contributed by atoms with E-state index in [-0.39, 0.29) is 11.9 Å². The van der Waals surface area contributed by atoms with Crippen molar-refractivity contribution in [2.75, 3.05) is 32.0 Å². The van der Waals surface area contributed by atoms with Crippen LogP contribution in [0.4, 0.5) is 5.69 Å². The Morgan fingerprint density at radius 3 is 2.77 bits per heavy atom. The van der Waals surface area contributed by atoms with Gasteiger partial charge < -0.3 is 15.8 Å². The van der Waals surface area contributed by atoms with Gasteiger partial charge in [0.2, 0.25) is 0 Å². The monoisotopic (exact) mass is 305 g/mol. The van der Waals surface area contributed by atoms with E-state index in [9.17, 15) is 4.79 Å². The maximum absolute atomic E-state index is 12.1. The number of amides is 1. The topological polar surface area (TPSA) is 67.6 Å². The van der Waals surface area contributed by atoms with Crippen LogP contribution in [0.1, 0.15) is 43.5 Å². The molecule has 122 valence electrons. The highest BCUT2D eigenvalue weighted by atomic mass is 16.5. The Balaban J connectivity index is 1.87. The number of hydrogen-bond donors (Lipinski definition) is 2. The van der Waals surface area contributed by atoms with Crippen LogP contribution in [0.15, 0.2) is 18.2 Å². The molecule has 1 heterocycles. The van der Waals surface area contributed by atoms with Crippen LogP contribution in [0, 0.1) is 0 Å². The van der Waals surface area contributed by atoms with Crippen LogP contribution in [-0.4, -0.2) is 43.1 Å². The number of rotatable bonds is 7. The molecule has 0 radical (unpaired) electrons. The molecule has 0 aliphatic carbocycles. The van der Waals surface area contributed by atoms with E-state index in [1.165, 1.54) is 12.8 Å². The number of carbonyl (C=O) groups is 1. The van der Waals surface area contributed by atoms with E-state index in [2.05, 4.69) is 10.2 Å². The second-order valence-corrected chi connectivity index (χ2v) is 5.93. The van der Waals surface area contributed by atoms with Gasteiger partial charge in [0, 0.05) is 18.2 Å². The van der Waals surface area contributed by atoms with Crippen molar-refractivity contribution in [2.24, 2.45) is 0 Å². The maximum atomic E-state index is 12.1. The Hall–Kier alpha value is -1.75. The Kier molecular flexibility index (Phi) is 6.07. The van der Waals surface area contributed by atoms with Crippen LogP contribution < -0.4 is 15.8 Å². The first-order chi connectivity index (χ1) is 10.6. The number of nitrogens with one attached hydrogen (secondary N) is 1. The molecule has 0 bridgehead atoms. The summed E-state index contributed by atoms with van der Waals surface area (Å²) in [5.74, 6) is 0.559. The van der Waals surface area contributed by atoms with Crippen LogP contribution >= 0.6 is 0 Å². The molecule has 0 spiro atoms. The van der Waals surface area contributed by atoms with Gasteiger partial charge in [0.05, 0.1) is 5.69 Å². The average molecular weight is 305 g/mol. The lowest BCUT2D eigenvalue weighted by molar-refractivity contribution is 0.0939. The van der Waals surface area contributed by atoms with Crippen LogP contribution in [0.2, 0.25) is 0 Å². The molecule has 1 unspecified atom stereocenters. The van der Waals surface area contributed by atoms with Gasteiger partial charge in [0.15, 0.2) is 0 Å². The second-order valence-electron chi connectivity index (χ2n) is 5.93. The number of benzene rings is 1. The molecule has 1 aliphatic heterocycles. The minimum Gasteiger partial charge on any atom is -0.490 e. The number of anilines is 1. The Labute approximate surface area is 132 Å². The number of nitrogens with two attached hydrogens (primary N) is 1. The lowest BCUT2D eigenvalue weighted by Gasteiger charge is -2.16. The molecule has 1 aliphatic rings.